The fraction of sp³-hybridized carbons (Fsp3) is 0.889. The third kappa shape index (κ3) is 4.72. The largest absolute Gasteiger partial charge is 0.450 e. The molecule has 0 saturated heterocycles. The number of hydrogen-bond donors (Lipinski definition) is 1. The van der Waals surface area contributed by atoms with Crippen molar-refractivity contribution in [3.8, 4) is 0 Å². The predicted molar refractivity (Wildman–Crippen MR) is 50.5 cm³/mol. The van der Waals surface area contributed by atoms with Crippen LogP contribution in [-0.4, -0.2) is 41.9 Å². The lowest BCUT2D eigenvalue weighted by molar-refractivity contribution is 0.0885. The second-order valence-corrected chi connectivity index (χ2v) is 3.24. The Morgan fingerprint density at radius 3 is 2.46 bits per heavy atom. The predicted octanol–water partition coefficient (Wildman–Crippen LogP) is 1.23. The summed E-state index contributed by atoms with van der Waals surface area (Å²) in [6.07, 6.45) is -0.169. The Balaban J connectivity index is 3.93. The molecule has 0 rings (SSSR count). The molecule has 78 valence electrons. The molecule has 1 N–H and O–H groups in total. The van der Waals surface area contributed by atoms with E-state index < -0.39 is 6.10 Å². The fourth-order valence-corrected chi connectivity index (χ4v) is 1.06. The number of aliphatic hydroxyl groups is 1. The first kappa shape index (κ1) is 12.2. The normalized spacial score (nSPS) is 14.8. The summed E-state index contributed by atoms with van der Waals surface area (Å²) in [5.74, 6) is 0. The van der Waals surface area contributed by atoms with Crippen LogP contribution in [0.3, 0.4) is 0 Å². The molecule has 0 spiro atoms. The molecule has 0 aromatic heterocycles. The minimum Gasteiger partial charge on any atom is -0.450 e. The van der Waals surface area contributed by atoms with Gasteiger partial charge in [0.05, 0.1) is 12.7 Å². The number of hydrogen-bond acceptors (Lipinski definition) is 3. The van der Waals surface area contributed by atoms with Gasteiger partial charge in [0.15, 0.2) is 0 Å². The van der Waals surface area contributed by atoms with Gasteiger partial charge in [-0.2, -0.15) is 0 Å². The van der Waals surface area contributed by atoms with E-state index in [9.17, 15) is 4.79 Å². The molecule has 0 aliphatic carbocycles. The van der Waals surface area contributed by atoms with Gasteiger partial charge in [0, 0.05) is 13.1 Å². The summed E-state index contributed by atoms with van der Waals surface area (Å²) >= 11 is 0. The summed E-state index contributed by atoms with van der Waals surface area (Å²) in [5.41, 5.74) is 0. The van der Waals surface area contributed by atoms with E-state index in [0.29, 0.717) is 13.0 Å². The quantitative estimate of drug-likeness (QED) is 0.723. The fourth-order valence-electron chi connectivity index (χ4n) is 1.06. The minimum absolute atomic E-state index is 0.000880. The molecule has 1 amide bonds. The Morgan fingerprint density at radius 1 is 1.54 bits per heavy atom. The lowest BCUT2D eigenvalue weighted by Crippen LogP contribution is -2.37. The van der Waals surface area contributed by atoms with E-state index >= 15 is 0 Å². The summed E-state index contributed by atoms with van der Waals surface area (Å²) in [7, 11) is 1.67. The minimum atomic E-state index is -0.396. The van der Waals surface area contributed by atoms with Crippen molar-refractivity contribution in [2.75, 3.05) is 13.7 Å². The molecular formula is C9H19NO3. The topological polar surface area (TPSA) is 49.8 Å². The molecule has 4 heteroatoms. The number of amides is 1. The maximum absolute atomic E-state index is 11.2. The summed E-state index contributed by atoms with van der Waals surface area (Å²) in [6, 6.07) is -0.000880. The first-order valence-corrected chi connectivity index (χ1v) is 4.56. The van der Waals surface area contributed by atoms with Crippen molar-refractivity contribution in [3.05, 3.63) is 0 Å². The Hall–Kier alpha value is -0.770. The molecule has 0 fully saturated rings. The van der Waals surface area contributed by atoms with Gasteiger partial charge >= 0.3 is 6.09 Å². The standard InChI is InChI=1S/C9H19NO3/c1-5-13-9(12)10(4)7(2)6-8(3)11/h7-8,11H,5-6H2,1-4H3. The van der Waals surface area contributed by atoms with Gasteiger partial charge in [-0.1, -0.05) is 0 Å². The molecule has 4 nitrogen and oxygen atoms in total. The summed E-state index contributed by atoms with van der Waals surface area (Å²) in [4.78, 5) is 12.7. The third-order valence-electron chi connectivity index (χ3n) is 1.90. The van der Waals surface area contributed by atoms with E-state index in [1.165, 1.54) is 4.90 Å². The van der Waals surface area contributed by atoms with Crippen molar-refractivity contribution in [1.82, 2.24) is 4.90 Å². The van der Waals surface area contributed by atoms with E-state index in [2.05, 4.69) is 0 Å². The Bertz CT molecular complexity index is 159. The van der Waals surface area contributed by atoms with Crippen molar-refractivity contribution in [3.63, 3.8) is 0 Å². The monoisotopic (exact) mass is 189 g/mol. The van der Waals surface area contributed by atoms with Gasteiger partial charge in [-0.15, -0.1) is 0 Å². The van der Waals surface area contributed by atoms with Gasteiger partial charge in [0.1, 0.15) is 0 Å². The Morgan fingerprint density at radius 2 is 2.08 bits per heavy atom. The van der Waals surface area contributed by atoms with Crippen LogP contribution in [0.4, 0.5) is 4.79 Å². The Kier molecular flexibility index (Phi) is 5.46. The van der Waals surface area contributed by atoms with Gasteiger partial charge in [-0.25, -0.2) is 4.79 Å². The van der Waals surface area contributed by atoms with Crippen LogP contribution in [-0.2, 0) is 4.74 Å². The SMILES string of the molecule is CCOC(=O)N(C)C(C)CC(C)O. The number of nitrogens with zero attached hydrogens (tertiary/aromatic N) is 1. The smallest absolute Gasteiger partial charge is 0.409 e. The molecule has 0 heterocycles. The van der Waals surface area contributed by atoms with Crippen LogP contribution in [0.1, 0.15) is 27.2 Å². The number of aliphatic hydroxyl groups excluding tert-OH is 1. The van der Waals surface area contributed by atoms with E-state index in [1.807, 2.05) is 6.92 Å². The molecule has 0 aromatic carbocycles. The van der Waals surface area contributed by atoms with Crippen LogP contribution in [0.5, 0.6) is 0 Å². The molecule has 2 atom stereocenters. The number of ether oxygens (including phenoxy) is 1. The molecule has 13 heavy (non-hydrogen) atoms. The van der Waals surface area contributed by atoms with E-state index in [-0.39, 0.29) is 12.1 Å². The van der Waals surface area contributed by atoms with E-state index in [4.69, 9.17) is 9.84 Å². The van der Waals surface area contributed by atoms with Gasteiger partial charge in [-0.3, -0.25) is 0 Å². The second-order valence-electron chi connectivity index (χ2n) is 3.24. The summed E-state index contributed by atoms with van der Waals surface area (Å²) in [5, 5.41) is 9.10. The van der Waals surface area contributed by atoms with Crippen LogP contribution < -0.4 is 0 Å². The van der Waals surface area contributed by atoms with Crippen molar-refractivity contribution in [1.29, 1.82) is 0 Å². The van der Waals surface area contributed by atoms with Crippen molar-refractivity contribution in [2.45, 2.75) is 39.3 Å². The highest BCUT2D eigenvalue weighted by Gasteiger charge is 2.17. The van der Waals surface area contributed by atoms with Crippen LogP contribution >= 0.6 is 0 Å². The second kappa shape index (κ2) is 5.80. The zero-order valence-electron chi connectivity index (χ0n) is 8.78. The van der Waals surface area contributed by atoms with Gasteiger partial charge in [0.2, 0.25) is 0 Å². The van der Waals surface area contributed by atoms with Crippen molar-refractivity contribution < 1.29 is 14.6 Å². The maximum Gasteiger partial charge on any atom is 0.409 e. The van der Waals surface area contributed by atoms with Crippen LogP contribution in [0.15, 0.2) is 0 Å². The van der Waals surface area contributed by atoms with Gasteiger partial charge in [0.25, 0.3) is 0 Å². The zero-order valence-corrected chi connectivity index (χ0v) is 8.78. The number of carbonyl (C=O) groups excluding carboxylic acids is 1. The highest BCUT2D eigenvalue weighted by Crippen LogP contribution is 2.05. The average molecular weight is 189 g/mol. The van der Waals surface area contributed by atoms with Crippen molar-refractivity contribution in [2.24, 2.45) is 0 Å². The number of rotatable bonds is 4. The number of carbonyl (C=O) groups is 1. The highest BCUT2D eigenvalue weighted by molar-refractivity contribution is 5.67. The lowest BCUT2D eigenvalue weighted by Gasteiger charge is -2.24. The van der Waals surface area contributed by atoms with E-state index in [1.54, 1.807) is 20.9 Å². The summed E-state index contributed by atoms with van der Waals surface area (Å²) < 4.78 is 4.81. The van der Waals surface area contributed by atoms with Crippen LogP contribution in [0, 0.1) is 0 Å². The first-order valence-electron chi connectivity index (χ1n) is 4.56. The van der Waals surface area contributed by atoms with Crippen LogP contribution in [0.25, 0.3) is 0 Å². The third-order valence-corrected chi connectivity index (χ3v) is 1.90. The molecular weight excluding hydrogens is 170 g/mol. The van der Waals surface area contributed by atoms with Crippen molar-refractivity contribution >= 4 is 6.09 Å². The zero-order chi connectivity index (χ0) is 10.4. The molecule has 0 bridgehead atoms. The molecule has 0 aromatic rings. The van der Waals surface area contributed by atoms with Gasteiger partial charge < -0.3 is 14.7 Å². The highest BCUT2D eigenvalue weighted by atomic mass is 16.6. The van der Waals surface area contributed by atoms with Crippen LogP contribution in [0.2, 0.25) is 0 Å². The molecule has 0 radical (unpaired) electrons. The molecule has 0 saturated carbocycles. The Labute approximate surface area is 79.5 Å². The first-order chi connectivity index (χ1) is 5.99. The molecule has 2 unspecified atom stereocenters. The lowest BCUT2D eigenvalue weighted by atomic mass is 10.1. The average Bonchev–Trinajstić information content (AvgIpc) is 2.02. The van der Waals surface area contributed by atoms with E-state index in [0.717, 1.165) is 0 Å². The maximum atomic E-state index is 11.2. The summed E-state index contributed by atoms with van der Waals surface area (Å²) in [6.45, 7) is 5.73. The molecule has 0 aliphatic heterocycles. The van der Waals surface area contributed by atoms with Gasteiger partial charge in [-0.05, 0) is 27.2 Å². The molecule has 0 aliphatic rings.